The molecular formula is C20H26O6. The fourth-order valence-corrected chi connectivity index (χ4v) is 4.65. The molecule has 26 heavy (non-hydrogen) atoms. The summed E-state index contributed by atoms with van der Waals surface area (Å²) >= 11 is 0. The Balaban J connectivity index is 2.00. The summed E-state index contributed by atoms with van der Waals surface area (Å²) in [7, 11) is 0. The van der Waals surface area contributed by atoms with Gasteiger partial charge in [-0.3, -0.25) is 4.79 Å². The molecule has 0 amide bonds. The number of carbonyl (C=O) groups excluding carboxylic acids is 2. The molecule has 0 radical (unpaired) electrons. The minimum atomic E-state index is -1.88. The summed E-state index contributed by atoms with van der Waals surface area (Å²) in [5, 5.41) is 20.3. The molecule has 6 heteroatoms. The number of esters is 2. The molecule has 1 saturated heterocycles. The Morgan fingerprint density at radius 2 is 2.23 bits per heavy atom. The van der Waals surface area contributed by atoms with Crippen molar-refractivity contribution in [2.75, 3.05) is 6.61 Å². The highest BCUT2D eigenvalue weighted by Crippen LogP contribution is 2.54. The maximum Gasteiger partial charge on any atom is 0.335 e. The minimum Gasteiger partial charge on any atom is -0.461 e. The molecule has 0 aromatic carbocycles. The zero-order valence-electron chi connectivity index (χ0n) is 15.4. The molecule has 6 unspecified atom stereocenters. The lowest BCUT2D eigenvalue weighted by atomic mass is 9.77. The first-order chi connectivity index (χ1) is 12.2. The van der Waals surface area contributed by atoms with Crippen LogP contribution in [0.2, 0.25) is 0 Å². The lowest BCUT2D eigenvalue weighted by Gasteiger charge is -2.36. The third-order valence-electron chi connectivity index (χ3n) is 6.04. The van der Waals surface area contributed by atoms with E-state index in [1.165, 1.54) is 13.0 Å². The number of rotatable bonds is 3. The maximum atomic E-state index is 12.4. The molecule has 1 aliphatic heterocycles. The second-order valence-electron chi connectivity index (χ2n) is 7.67. The molecule has 1 saturated carbocycles. The second kappa shape index (κ2) is 6.67. The number of hydrogen-bond donors (Lipinski definition) is 2. The van der Waals surface area contributed by atoms with E-state index in [4.69, 9.17) is 14.6 Å². The van der Waals surface area contributed by atoms with E-state index in [2.05, 4.69) is 12.7 Å². The zero-order chi connectivity index (χ0) is 19.2. The van der Waals surface area contributed by atoms with Crippen LogP contribution in [-0.4, -0.2) is 40.6 Å². The van der Waals surface area contributed by atoms with Crippen molar-refractivity contribution in [2.24, 2.45) is 23.7 Å². The van der Waals surface area contributed by atoms with E-state index >= 15 is 0 Å². The summed E-state index contributed by atoms with van der Waals surface area (Å²) in [6.45, 7) is 9.02. The topological polar surface area (TPSA) is 93.1 Å². The Labute approximate surface area is 153 Å². The van der Waals surface area contributed by atoms with Gasteiger partial charge in [0.15, 0.2) is 0 Å². The van der Waals surface area contributed by atoms with Crippen LogP contribution in [-0.2, 0) is 19.1 Å². The number of aliphatic hydroxyl groups excluding tert-OH is 1. The van der Waals surface area contributed by atoms with Gasteiger partial charge in [-0.05, 0) is 32.3 Å². The highest BCUT2D eigenvalue weighted by Gasteiger charge is 2.62. The number of hydrogen-bond acceptors (Lipinski definition) is 6. The Bertz CT molecular complexity index is 705. The highest BCUT2D eigenvalue weighted by atomic mass is 16.7. The normalized spacial score (nSPS) is 39.7. The molecule has 0 aromatic heterocycles. The summed E-state index contributed by atoms with van der Waals surface area (Å²) < 4.78 is 11.1. The molecule has 1 heterocycles. The Kier molecular flexibility index (Phi) is 4.84. The predicted octanol–water partition coefficient (Wildman–Crippen LogP) is 1.88. The van der Waals surface area contributed by atoms with E-state index in [0.29, 0.717) is 0 Å². The van der Waals surface area contributed by atoms with Gasteiger partial charge in [0.2, 0.25) is 5.79 Å². The van der Waals surface area contributed by atoms with Gasteiger partial charge in [-0.1, -0.05) is 30.7 Å². The Morgan fingerprint density at radius 3 is 2.88 bits per heavy atom. The van der Waals surface area contributed by atoms with Crippen molar-refractivity contribution in [1.82, 2.24) is 0 Å². The van der Waals surface area contributed by atoms with Crippen LogP contribution in [0.1, 0.15) is 33.6 Å². The van der Waals surface area contributed by atoms with E-state index in [-0.39, 0.29) is 36.4 Å². The molecular weight excluding hydrogens is 336 g/mol. The largest absolute Gasteiger partial charge is 0.461 e. The first-order valence-corrected chi connectivity index (χ1v) is 8.97. The SMILES string of the molecule is C=C1CC(O)(OC(=O)C(C)=CCO)C2C(C)C(=O)OC2C2C(C)=CCC12. The van der Waals surface area contributed by atoms with Crippen LogP contribution in [0.15, 0.2) is 35.5 Å². The van der Waals surface area contributed by atoms with Crippen LogP contribution >= 0.6 is 0 Å². The molecule has 2 aliphatic carbocycles. The van der Waals surface area contributed by atoms with E-state index < -0.39 is 29.7 Å². The van der Waals surface area contributed by atoms with Gasteiger partial charge in [-0.25, -0.2) is 4.79 Å². The fraction of sp³-hybridized carbons (Fsp3) is 0.600. The van der Waals surface area contributed by atoms with Crippen molar-refractivity contribution < 1.29 is 29.3 Å². The monoisotopic (exact) mass is 362 g/mol. The number of fused-ring (bicyclic) bond motifs is 3. The van der Waals surface area contributed by atoms with Gasteiger partial charge in [0.05, 0.1) is 18.4 Å². The number of aliphatic hydroxyl groups is 2. The van der Waals surface area contributed by atoms with Gasteiger partial charge in [-0.15, -0.1) is 0 Å². The van der Waals surface area contributed by atoms with Crippen molar-refractivity contribution in [3.63, 3.8) is 0 Å². The highest BCUT2D eigenvalue weighted by molar-refractivity contribution is 5.88. The molecule has 3 rings (SSSR count). The van der Waals surface area contributed by atoms with Gasteiger partial charge in [0, 0.05) is 17.9 Å². The van der Waals surface area contributed by atoms with Crippen LogP contribution in [0, 0.1) is 23.7 Å². The summed E-state index contributed by atoms with van der Waals surface area (Å²) in [4.78, 5) is 24.7. The van der Waals surface area contributed by atoms with E-state index in [9.17, 15) is 14.7 Å². The van der Waals surface area contributed by atoms with Crippen molar-refractivity contribution in [1.29, 1.82) is 0 Å². The van der Waals surface area contributed by atoms with Crippen LogP contribution in [0.4, 0.5) is 0 Å². The van der Waals surface area contributed by atoms with E-state index in [1.54, 1.807) is 6.92 Å². The standard InChI is InChI=1S/C20H26O6/c1-10-5-6-14-12(3)9-20(24,26-18(22)11(2)7-8-21)16-13(4)19(23)25-17(16)15(10)14/h5,7,13-17,21,24H,3,6,8-9H2,1-2,4H3. The third kappa shape index (κ3) is 2.91. The van der Waals surface area contributed by atoms with Crippen molar-refractivity contribution in [3.8, 4) is 0 Å². The van der Waals surface area contributed by atoms with E-state index in [1.807, 2.05) is 6.92 Å². The summed E-state index contributed by atoms with van der Waals surface area (Å²) in [5.41, 5.74) is 2.10. The molecule has 6 nitrogen and oxygen atoms in total. The van der Waals surface area contributed by atoms with Gasteiger partial charge in [-0.2, -0.15) is 0 Å². The molecule has 3 aliphatic rings. The van der Waals surface area contributed by atoms with Crippen LogP contribution < -0.4 is 0 Å². The number of allylic oxidation sites excluding steroid dienone is 1. The van der Waals surface area contributed by atoms with Crippen molar-refractivity contribution in [2.45, 2.75) is 45.5 Å². The van der Waals surface area contributed by atoms with Gasteiger partial charge in [0.25, 0.3) is 0 Å². The lowest BCUT2D eigenvalue weighted by Crippen LogP contribution is -2.49. The molecule has 0 bridgehead atoms. The predicted molar refractivity (Wildman–Crippen MR) is 93.5 cm³/mol. The van der Waals surface area contributed by atoms with Gasteiger partial charge >= 0.3 is 11.9 Å². The van der Waals surface area contributed by atoms with Gasteiger partial charge < -0.3 is 19.7 Å². The lowest BCUT2D eigenvalue weighted by molar-refractivity contribution is -0.237. The van der Waals surface area contributed by atoms with Crippen molar-refractivity contribution >= 4 is 11.9 Å². The molecule has 0 spiro atoms. The minimum absolute atomic E-state index is 0.0526. The van der Waals surface area contributed by atoms with Crippen LogP contribution in [0.25, 0.3) is 0 Å². The second-order valence-corrected chi connectivity index (χ2v) is 7.67. The summed E-state index contributed by atoms with van der Waals surface area (Å²) in [5.74, 6) is -4.25. The van der Waals surface area contributed by atoms with Crippen LogP contribution in [0.5, 0.6) is 0 Å². The fourth-order valence-electron chi connectivity index (χ4n) is 4.65. The average Bonchev–Trinajstić information content (AvgIpc) is 3.05. The Morgan fingerprint density at radius 1 is 1.54 bits per heavy atom. The third-order valence-corrected chi connectivity index (χ3v) is 6.04. The Hall–Kier alpha value is -1.92. The first kappa shape index (κ1) is 18.9. The molecule has 0 aromatic rings. The average molecular weight is 362 g/mol. The maximum absolute atomic E-state index is 12.4. The summed E-state index contributed by atoms with van der Waals surface area (Å²) in [6.07, 6.45) is 3.73. The van der Waals surface area contributed by atoms with Crippen LogP contribution in [0.3, 0.4) is 0 Å². The summed E-state index contributed by atoms with van der Waals surface area (Å²) in [6, 6.07) is 0. The number of carbonyl (C=O) groups is 2. The molecule has 2 N–H and O–H groups in total. The smallest absolute Gasteiger partial charge is 0.335 e. The zero-order valence-corrected chi connectivity index (χ0v) is 15.4. The van der Waals surface area contributed by atoms with Gasteiger partial charge in [0.1, 0.15) is 6.10 Å². The quantitative estimate of drug-likeness (QED) is 0.345. The first-order valence-electron chi connectivity index (χ1n) is 8.97. The molecule has 2 fully saturated rings. The molecule has 6 atom stereocenters. The van der Waals surface area contributed by atoms with E-state index in [0.717, 1.165) is 17.6 Å². The molecule has 142 valence electrons. The number of ether oxygens (including phenoxy) is 2. The van der Waals surface area contributed by atoms with Crippen molar-refractivity contribution in [3.05, 3.63) is 35.5 Å².